The van der Waals surface area contributed by atoms with Crippen LogP contribution in [0.5, 0.6) is 0 Å². The van der Waals surface area contributed by atoms with Crippen molar-refractivity contribution in [3.8, 4) is 0 Å². The Labute approximate surface area is 85.4 Å². The summed E-state index contributed by atoms with van der Waals surface area (Å²) in [4.78, 5) is 9.00. The van der Waals surface area contributed by atoms with E-state index in [1.54, 1.807) is 0 Å². The van der Waals surface area contributed by atoms with Gasteiger partial charge in [0, 0.05) is 6.92 Å². The molecule has 80 valence electrons. The maximum absolute atomic E-state index is 9.00. The number of hydrogen-bond acceptors (Lipinski definition) is 2. The Balaban J connectivity index is 0. The first-order chi connectivity index (χ1) is 5.95. The van der Waals surface area contributed by atoms with Crippen molar-refractivity contribution in [3.05, 3.63) is 34.9 Å². The van der Waals surface area contributed by atoms with E-state index in [0.717, 1.165) is 6.92 Å². The third kappa shape index (κ3) is 6.20. The smallest absolute Gasteiger partial charge is 0.300 e. The Morgan fingerprint density at radius 2 is 1.43 bits per heavy atom. The van der Waals surface area contributed by atoms with Gasteiger partial charge in [0.1, 0.15) is 0 Å². The van der Waals surface area contributed by atoms with Crippen LogP contribution >= 0.6 is 0 Å². The summed E-state index contributed by atoms with van der Waals surface area (Å²) in [6.45, 7) is 7.52. The number of benzene rings is 1. The highest BCUT2D eigenvalue weighted by atomic mass is 16.4. The fourth-order valence-electron chi connectivity index (χ4n) is 0.898. The predicted octanol–water partition coefficient (Wildman–Crippen LogP) is 2.86. The Morgan fingerprint density at radius 1 is 1.14 bits per heavy atom. The van der Waals surface area contributed by atoms with Gasteiger partial charge in [-0.2, -0.15) is 0 Å². The second kappa shape index (κ2) is 7.09. The molecular weight excluding hydrogens is 178 g/mol. The Hall–Kier alpha value is -1.35. The van der Waals surface area contributed by atoms with Gasteiger partial charge in [0.15, 0.2) is 0 Å². The highest BCUT2D eigenvalue weighted by Gasteiger charge is 1.91. The SMILES string of the molecule is CC(=O)O.Cc1cccc(C)c1C.N. The maximum atomic E-state index is 9.00. The van der Waals surface area contributed by atoms with E-state index in [0.29, 0.717) is 0 Å². The molecule has 0 aliphatic rings. The highest BCUT2D eigenvalue weighted by Crippen LogP contribution is 2.09. The number of aryl methyl sites for hydroxylation is 2. The van der Waals surface area contributed by atoms with E-state index in [1.165, 1.54) is 16.7 Å². The lowest BCUT2D eigenvalue weighted by molar-refractivity contribution is -0.134. The highest BCUT2D eigenvalue weighted by molar-refractivity contribution is 5.62. The van der Waals surface area contributed by atoms with Crippen molar-refractivity contribution in [3.63, 3.8) is 0 Å². The van der Waals surface area contributed by atoms with Gasteiger partial charge in [-0.1, -0.05) is 18.2 Å². The standard InChI is InChI=1S/C9H12.C2H4O2.H3N/c1-7-5-4-6-8(2)9(7)3;1-2(3)4;/h4-6H,1-3H3;1H3,(H,3,4);1H3. The van der Waals surface area contributed by atoms with Gasteiger partial charge >= 0.3 is 0 Å². The number of carboxylic acid groups (broad SMARTS) is 1. The summed E-state index contributed by atoms with van der Waals surface area (Å²) < 4.78 is 0. The third-order valence-electron chi connectivity index (χ3n) is 1.88. The molecule has 1 rings (SSSR count). The molecule has 0 spiro atoms. The van der Waals surface area contributed by atoms with E-state index in [9.17, 15) is 0 Å². The topological polar surface area (TPSA) is 72.3 Å². The Bertz CT molecular complexity index is 271. The molecule has 1 aromatic carbocycles. The first kappa shape index (κ1) is 15.1. The molecule has 3 nitrogen and oxygen atoms in total. The molecule has 0 saturated heterocycles. The van der Waals surface area contributed by atoms with Crippen LogP contribution in [0.25, 0.3) is 0 Å². The number of hydrogen-bond donors (Lipinski definition) is 2. The van der Waals surface area contributed by atoms with Crippen LogP contribution in [0.15, 0.2) is 18.2 Å². The molecule has 0 aliphatic carbocycles. The molecule has 0 aromatic heterocycles. The second-order valence-electron chi connectivity index (χ2n) is 3.04. The van der Waals surface area contributed by atoms with Gasteiger partial charge in [0.25, 0.3) is 5.97 Å². The molecule has 0 fully saturated rings. The quantitative estimate of drug-likeness (QED) is 0.671. The van der Waals surface area contributed by atoms with Crippen LogP contribution < -0.4 is 6.15 Å². The minimum absolute atomic E-state index is 0. The minimum Gasteiger partial charge on any atom is -0.481 e. The molecule has 0 aliphatic heterocycles. The van der Waals surface area contributed by atoms with Crippen molar-refractivity contribution < 1.29 is 9.90 Å². The van der Waals surface area contributed by atoms with Crippen molar-refractivity contribution in [2.75, 3.05) is 0 Å². The van der Waals surface area contributed by atoms with E-state index < -0.39 is 5.97 Å². The lowest BCUT2D eigenvalue weighted by Crippen LogP contribution is -1.82. The Morgan fingerprint density at radius 3 is 1.64 bits per heavy atom. The predicted molar refractivity (Wildman–Crippen MR) is 59.0 cm³/mol. The second-order valence-corrected chi connectivity index (χ2v) is 3.04. The zero-order valence-corrected chi connectivity index (χ0v) is 9.29. The zero-order valence-electron chi connectivity index (χ0n) is 9.29. The molecule has 3 heteroatoms. The molecule has 0 bridgehead atoms. The van der Waals surface area contributed by atoms with Gasteiger partial charge in [-0.25, -0.2) is 0 Å². The van der Waals surface area contributed by atoms with Crippen molar-refractivity contribution in [2.24, 2.45) is 0 Å². The average molecular weight is 197 g/mol. The van der Waals surface area contributed by atoms with E-state index in [-0.39, 0.29) is 6.15 Å². The zero-order chi connectivity index (χ0) is 10.4. The summed E-state index contributed by atoms with van der Waals surface area (Å²) in [5, 5.41) is 7.42. The fourth-order valence-corrected chi connectivity index (χ4v) is 0.898. The van der Waals surface area contributed by atoms with Crippen LogP contribution in [0.3, 0.4) is 0 Å². The molecular formula is C11H19NO2. The van der Waals surface area contributed by atoms with E-state index in [1.807, 2.05) is 0 Å². The normalized spacial score (nSPS) is 8.00. The molecule has 1 aromatic rings. The first-order valence-corrected chi connectivity index (χ1v) is 4.17. The number of carboxylic acids is 1. The van der Waals surface area contributed by atoms with Gasteiger partial charge in [-0.15, -0.1) is 0 Å². The van der Waals surface area contributed by atoms with Crippen LogP contribution in [-0.4, -0.2) is 11.1 Å². The summed E-state index contributed by atoms with van der Waals surface area (Å²) in [5.41, 5.74) is 4.18. The number of carbonyl (C=O) groups is 1. The summed E-state index contributed by atoms with van der Waals surface area (Å²) in [6, 6.07) is 6.38. The summed E-state index contributed by atoms with van der Waals surface area (Å²) in [5.74, 6) is -0.833. The van der Waals surface area contributed by atoms with E-state index >= 15 is 0 Å². The summed E-state index contributed by atoms with van der Waals surface area (Å²) in [7, 11) is 0. The van der Waals surface area contributed by atoms with Crippen molar-refractivity contribution in [1.29, 1.82) is 0 Å². The van der Waals surface area contributed by atoms with Crippen LogP contribution in [0.4, 0.5) is 0 Å². The largest absolute Gasteiger partial charge is 0.481 e. The van der Waals surface area contributed by atoms with Crippen molar-refractivity contribution in [2.45, 2.75) is 27.7 Å². The van der Waals surface area contributed by atoms with Gasteiger partial charge in [-0.3, -0.25) is 4.79 Å². The lowest BCUT2D eigenvalue weighted by Gasteiger charge is -2.00. The van der Waals surface area contributed by atoms with Gasteiger partial charge < -0.3 is 11.3 Å². The minimum atomic E-state index is -0.833. The lowest BCUT2D eigenvalue weighted by atomic mass is 10.1. The summed E-state index contributed by atoms with van der Waals surface area (Å²) >= 11 is 0. The summed E-state index contributed by atoms with van der Waals surface area (Å²) in [6.07, 6.45) is 0. The molecule has 0 radical (unpaired) electrons. The molecule has 0 atom stereocenters. The molecule has 0 amide bonds. The van der Waals surface area contributed by atoms with Gasteiger partial charge in [0.2, 0.25) is 0 Å². The third-order valence-corrected chi connectivity index (χ3v) is 1.88. The van der Waals surface area contributed by atoms with Crippen molar-refractivity contribution >= 4 is 5.97 Å². The molecule has 14 heavy (non-hydrogen) atoms. The molecule has 0 heterocycles. The van der Waals surface area contributed by atoms with E-state index in [4.69, 9.17) is 9.90 Å². The Kier molecular flexibility index (Phi) is 7.67. The van der Waals surface area contributed by atoms with E-state index in [2.05, 4.69) is 39.0 Å². The number of aliphatic carboxylic acids is 1. The van der Waals surface area contributed by atoms with Crippen LogP contribution in [-0.2, 0) is 4.79 Å². The monoisotopic (exact) mass is 197 g/mol. The average Bonchev–Trinajstić information content (AvgIpc) is 1.99. The maximum Gasteiger partial charge on any atom is 0.300 e. The fraction of sp³-hybridized carbons (Fsp3) is 0.364. The molecule has 0 unspecified atom stereocenters. The van der Waals surface area contributed by atoms with Crippen LogP contribution in [0, 0.1) is 20.8 Å². The van der Waals surface area contributed by atoms with Crippen LogP contribution in [0.1, 0.15) is 23.6 Å². The molecule has 0 saturated carbocycles. The van der Waals surface area contributed by atoms with Crippen molar-refractivity contribution in [1.82, 2.24) is 6.15 Å². The molecule has 4 N–H and O–H groups in total. The van der Waals surface area contributed by atoms with Crippen LogP contribution in [0.2, 0.25) is 0 Å². The van der Waals surface area contributed by atoms with Gasteiger partial charge in [-0.05, 0) is 37.5 Å². The van der Waals surface area contributed by atoms with Gasteiger partial charge in [0.05, 0.1) is 0 Å². The first-order valence-electron chi connectivity index (χ1n) is 4.17. The number of rotatable bonds is 0.